The molecule has 0 aliphatic carbocycles. The van der Waals surface area contributed by atoms with Crippen molar-refractivity contribution < 1.29 is 14.1 Å². The first-order valence-corrected chi connectivity index (χ1v) is 8.90. The molecule has 140 valence electrons. The Labute approximate surface area is 152 Å². The summed E-state index contributed by atoms with van der Waals surface area (Å²) >= 11 is 0. The second-order valence-electron chi connectivity index (χ2n) is 6.81. The number of carbonyl (C=O) groups excluding carboxylic acids is 1. The molecular formula is C18H25N5O3. The maximum atomic E-state index is 12.4. The summed E-state index contributed by atoms with van der Waals surface area (Å²) in [6.07, 6.45) is 2.55. The molecule has 8 nitrogen and oxygen atoms in total. The van der Waals surface area contributed by atoms with Gasteiger partial charge in [-0.15, -0.1) is 0 Å². The Bertz CT molecular complexity index is 740. The Kier molecular flexibility index (Phi) is 5.82. The number of hydrogen-bond acceptors (Lipinski definition) is 7. The number of nitrogens with one attached hydrogen (secondary N) is 1. The summed E-state index contributed by atoms with van der Waals surface area (Å²) in [5.74, 6) is 1.85. The third-order valence-corrected chi connectivity index (χ3v) is 4.45. The lowest BCUT2D eigenvalue weighted by Gasteiger charge is -2.16. The first-order chi connectivity index (χ1) is 12.5. The number of rotatable bonds is 7. The van der Waals surface area contributed by atoms with Gasteiger partial charge in [-0.2, -0.15) is 0 Å². The molecule has 1 amide bonds. The Morgan fingerprint density at radius 1 is 1.38 bits per heavy atom. The lowest BCUT2D eigenvalue weighted by atomic mass is 10.1. The lowest BCUT2D eigenvalue weighted by molar-refractivity contribution is 0.0790. The molecule has 26 heavy (non-hydrogen) atoms. The molecule has 0 saturated carbocycles. The monoisotopic (exact) mass is 359 g/mol. The highest BCUT2D eigenvalue weighted by atomic mass is 16.5. The molecule has 2 aromatic rings. The van der Waals surface area contributed by atoms with Gasteiger partial charge in [0.15, 0.2) is 5.69 Å². The standard InChI is InChI=1S/C18H25N5O3/c1-12(2)16-8-15(22-26-16)18(24)23(3)6-5-19-17-9-14(20-11-21-17)13-4-7-25-10-13/h8-9,11-13H,4-7,10H2,1-3H3,(H,19,20,21)/t13-/m0/s1. The smallest absolute Gasteiger partial charge is 0.275 e. The lowest BCUT2D eigenvalue weighted by Crippen LogP contribution is -2.31. The van der Waals surface area contributed by atoms with Crippen LogP contribution in [0, 0.1) is 0 Å². The molecule has 0 aromatic carbocycles. The van der Waals surface area contributed by atoms with Crippen LogP contribution in [0.25, 0.3) is 0 Å². The second-order valence-corrected chi connectivity index (χ2v) is 6.81. The van der Waals surface area contributed by atoms with E-state index in [9.17, 15) is 4.79 Å². The third-order valence-electron chi connectivity index (χ3n) is 4.45. The van der Waals surface area contributed by atoms with E-state index in [0.29, 0.717) is 37.1 Å². The van der Waals surface area contributed by atoms with Crippen LogP contribution in [-0.2, 0) is 4.74 Å². The largest absolute Gasteiger partial charge is 0.381 e. The highest BCUT2D eigenvalue weighted by Gasteiger charge is 2.20. The number of hydrogen-bond donors (Lipinski definition) is 1. The summed E-state index contributed by atoms with van der Waals surface area (Å²) in [6, 6.07) is 3.66. The van der Waals surface area contributed by atoms with Gasteiger partial charge in [0.1, 0.15) is 17.9 Å². The highest BCUT2D eigenvalue weighted by molar-refractivity contribution is 5.92. The van der Waals surface area contributed by atoms with Gasteiger partial charge in [0.05, 0.1) is 12.3 Å². The van der Waals surface area contributed by atoms with Crippen LogP contribution in [0.3, 0.4) is 0 Å². The van der Waals surface area contributed by atoms with Crippen molar-refractivity contribution in [1.29, 1.82) is 0 Å². The second kappa shape index (κ2) is 8.27. The minimum atomic E-state index is -0.158. The zero-order chi connectivity index (χ0) is 18.5. The molecule has 1 atom stereocenters. The van der Waals surface area contributed by atoms with Gasteiger partial charge >= 0.3 is 0 Å². The van der Waals surface area contributed by atoms with E-state index in [1.807, 2.05) is 19.9 Å². The van der Waals surface area contributed by atoms with Gasteiger partial charge < -0.3 is 19.5 Å². The summed E-state index contributed by atoms with van der Waals surface area (Å²) in [5, 5.41) is 7.10. The van der Waals surface area contributed by atoms with Gasteiger partial charge in [-0.3, -0.25) is 4.79 Å². The maximum absolute atomic E-state index is 12.4. The summed E-state index contributed by atoms with van der Waals surface area (Å²) < 4.78 is 10.6. The fourth-order valence-corrected chi connectivity index (χ4v) is 2.77. The van der Waals surface area contributed by atoms with Crippen molar-refractivity contribution in [2.45, 2.75) is 32.1 Å². The average Bonchev–Trinajstić information content (AvgIpc) is 3.33. The SMILES string of the molecule is CC(C)c1cc(C(=O)N(C)CCNc2cc([C@H]3CCOC3)ncn2)no1. The van der Waals surface area contributed by atoms with Gasteiger partial charge in [0, 0.05) is 50.7 Å². The fraction of sp³-hybridized carbons (Fsp3) is 0.556. The van der Waals surface area contributed by atoms with E-state index in [1.54, 1.807) is 24.3 Å². The Morgan fingerprint density at radius 3 is 2.92 bits per heavy atom. The van der Waals surface area contributed by atoms with Gasteiger partial charge in [-0.1, -0.05) is 19.0 Å². The number of anilines is 1. The predicted octanol–water partition coefficient (Wildman–Crippen LogP) is 2.28. The molecule has 1 aliphatic heterocycles. The van der Waals surface area contributed by atoms with E-state index < -0.39 is 0 Å². The van der Waals surface area contributed by atoms with E-state index in [0.717, 1.165) is 24.5 Å². The first kappa shape index (κ1) is 18.3. The zero-order valence-corrected chi connectivity index (χ0v) is 15.4. The minimum Gasteiger partial charge on any atom is -0.381 e. The maximum Gasteiger partial charge on any atom is 0.275 e. The predicted molar refractivity (Wildman–Crippen MR) is 96.3 cm³/mol. The van der Waals surface area contributed by atoms with E-state index >= 15 is 0 Å². The molecule has 2 aromatic heterocycles. The Balaban J connectivity index is 1.50. The molecule has 0 bridgehead atoms. The van der Waals surface area contributed by atoms with Crippen molar-refractivity contribution in [1.82, 2.24) is 20.0 Å². The summed E-state index contributed by atoms with van der Waals surface area (Å²) in [7, 11) is 1.75. The van der Waals surface area contributed by atoms with E-state index in [4.69, 9.17) is 9.26 Å². The number of amides is 1. The van der Waals surface area contributed by atoms with Gasteiger partial charge in [0.25, 0.3) is 5.91 Å². The van der Waals surface area contributed by atoms with Crippen molar-refractivity contribution in [3.8, 4) is 0 Å². The number of likely N-dealkylation sites (N-methyl/N-ethyl adjacent to an activating group) is 1. The third kappa shape index (κ3) is 4.37. The quantitative estimate of drug-likeness (QED) is 0.810. The number of ether oxygens (including phenoxy) is 1. The molecule has 0 unspecified atom stereocenters. The molecule has 3 rings (SSSR count). The Morgan fingerprint density at radius 2 is 2.23 bits per heavy atom. The normalized spacial score (nSPS) is 16.8. The van der Waals surface area contributed by atoms with E-state index in [2.05, 4.69) is 20.4 Å². The fourth-order valence-electron chi connectivity index (χ4n) is 2.77. The molecule has 3 heterocycles. The van der Waals surface area contributed by atoms with Crippen molar-refractivity contribution in [3.05, 3.63) is 35.6 Å². The molecule has 1 fully saturated rings. The zero-order valence-electron chi connectivity index (χ0n) is 15.4. The van der Waals surface area contributed by atoms with Gasteiger partial charge in [-0.05, 0) is 6.42 Å². The van der Waals surface area contributed by atoms with Crippen LogP contribution in [0.15, 0.2) is 23.0 Å². The first-order valence-electron chi connectivity index (χ1n) is 8.90. The molecule has 1 N–H and O–H groups in total. The van der Waals surface area contributed by atoms with Gasteiger partial charge in [0.2, 0.25) is 0 Å². The van der Waals surface area contributed by atoms with Crippen LogP contribution in [0.4, 0.5) is 5.82 Å². The summed E-state index contributed by atoms with van der Waals surface area (Å²) in [4.78, 5) is 22.6. The number of aromatic nitrogens is 3. The topological polar surface area (TPSA) is 93.4 Å². The summed E-state index contributed by atoms with van der Waals surface area (Å²) in [6.45, 7) is 6.59. The van der Waals surface area contributed by atoms with Crippen molar-refractivity contribution >= 4 is 11.7 Å². The minimum absolute atomic E-state index is 0.158. The van der Waals surface area contributed by atoms with E-state index in [1.165, 1.54) is 0 Å². The van der Waals surface area contributed by atoms with Crippen LogP contribution >= 0.6 is 0 Å². The Hall–Kier alpha value is -2.48. The van der Waals surface area contributed by atoms with E-state index in [-0.39, 0.29) is 11.8 Å². The number of carbonyl (C=O) groups is 1. The van der Waals surface area contributed by atoms with Crippen molar-refractivity contribution in [3.63, 3.8) is 0 Å². The van der Waals surface area contributed by atoms with Crippen LogP contribution in [0.1, 0.15) is 54.0 Å². The highest BCUT2D eigenvalue weighted by Crippen LogP contribution is 2.24. The van der Waals surface area contributed by atoms with Crippen LogP contribution < -0.4 is 5.32 Å². The molecule has 1 saturated heterocycles. The van der Waals surface area contributed by atoms with Gasteiger partial charge in [-0.25, -0.2) is 9.97 Å². The van der Waals surface area contributed by atoms with Crippen LogP contribution in [-0.4, -0.2) is 59.3 Å². The van der Waals surface area contributed by atoms with Crippen LogP contribution in [0.5, 0.6) is 0 Å². The molecular weight excluding hydrogens is 334 g/mol. The summed E-state index contributed by atoms with van der Waals surface area (Å²) in [5.41, 5.74) is 1.33. The molecule has 0 spiro atoms. The molecule has 1 aliphatic rings. The average molecular weight is 359 g/mol. The van der Waals surface area contributed by atoms with Crippen molar-refractivity contribution in [2.24, 2.45) is 0 Å². The number of nitrogens with zero attached hydrogens (tertiary/aromatic N) is 4. The van der Waals surface area contributed by atoms with Crippen LogP contribution in [0.2, 0.25) is 0 Å². The van der Waals surface area contributed by atoms with Crippen molar-refractivity contribution in [2.75, 3.05) is 38.7 Å². The molecule has 0 radical (unpaired) electrons. The molecule has 8 heteroatoms.